The van der Waals surface area contributed by atoms with Gasteiger partial charge in [-0.25, -0.2) is 12.7 Å². The van der Waals surface area contributed by atoms with Crippen LogP contribution in [0, 0.1) is 5.92 Å². The molecule has 2 aliphatic rings. The maximum Gasteiger partial charge on any atom is 0.242 e. The molecule has 2 aliphatic heterocycles. The molecule has 27 heavy (non-hydrogen) atoms. The van der Waals surface area contributed by atoms with Crippen molar-refractivity contribution in [3.05, 3.63) is 29.8 Å². The summed E-state index contributed by atoms with van der Waals surface area (Å²) in [4.78, 5) is 17.4. The molecule has 0 aromatic heterocycles. The van der Waals surface area contributed by atoms with E-state index < -0.39 is 10.0 Å². The first-order valence-electron chi connectivity index (χ1n) is 9.90. The minimum absolute atomic E-state index is 0.153. The quantitative estimate of drug-likeness (QED) is 0.769. The Balaban J connectivity index is 1.56. The predicted molar refractivity (Wildman–Crippen MR) is 106 cm³/mol. The molecule has 0 saturated carbocycles. The van der Waals surface area contributed by atoms with Gasteiger partial charge in [-0.1, -0.05) is 12.1 Å². The molecule has 1 aromatic rings. The van der Waals surface area contributed by atoms with E-state index in [9.17, 15) is 13.2 Å². The summed E-state index contributed by atoms with van der Waals surface area (Å²) < 4.78 is 25.9. The van der Waals surface area contributed by atoms with Crippen molar-refractivity contribution in [2.45, 2.75) is 43.5 Å². The summed E-state index contributed by atoms with van der Waals surface area (Å²) in [5, 5.41) is 0. The number of rotatable bonds is 5. The molecule has 1 amide bonds. The van der Waals surface area contributed by atoms with E-state index in [1.165, 1.54) is 10.7 Å². The monoisotopic (exact) mass is 393 g/mol. The summed E-state index contributed by atoms with van der Waals surface area (Å²) in [6.07, 6.45) is 5.30. The van der Waals surface area contributed by atoms with Crippen LogP contribution in [0.3, 0.4) is 0 Å². The fourth-order valence-corrected chi connectivity index (χ4v) is 4.96. The van der Waals surface area contributed by atoms with E-state index in [2.05, 4.69) is 9.80 Å². The largest absolute Gasteiger partial charge is 0.342 e. The summed E-state index contributed by atoms with van der Waals surface area (Å²) in [6, 6.07) is 7.18. The molecule has 0 N–H and O–H groups in total. The smallest absolute Gasteiger partial charge is 0.242 e. The van der Waals surface area contributed by atoms with Crippen molar-refractivity contribution in [2.75, 3.05) is 40.3 Å². The lowest BCUT2D eigenvalue weighted by Crippen LogP contribution is -2.44. The van der Waals surface area contributed by atoms with Crippen LogP contribution in [0.5, 0.6) is 0 Å². The average molecular weight is 394 g/mol. The van der Waals surface area contributed by atoms with Crippen LogP contribution in [0.25, 0.3) is 0 Å². The summed E-state index contributed by atoms with van der Waals surface area (Å²) in [6.45, 7) is 4.34. The fraction of sp³-hybridized carbons (Fsp3) is 0.650. The first kappa shape index (κ1) is 20.3. The van der Waals surface area contributed by atoms with Gasteiger partial charge >= 0.3 is 0 Å². The lowest BCUT2D eigenvalue weighted by molar-refractivity contribution is -0.138. The Morgan fingerprint density at radius 3 is 2.37 bits per heavy atom. The van der Waals surface area contributed by atoms with E-state index in [0.29, 0.717) is 10.8 Å². The second-order valence-electron chi connectivity index (χ2n) is 7.87. The number of carbonyl (C=O) groups excluding carboxylic acids is 1. The number of carbonyl (C=O) groups is 1. The second kappa shape index (κ2) is 8.71. The third-order valence-corrected chi connectivity index (χ3v) is 7.50. The molecule has 0 aliphatic carbocycles. The van der Waals surface area contributed by atoms with Crippen molar-refractivity contribution in [3.8, 4) is 0 Å². The van der Waals surface area contributed by atoms with E-state index in [0.717, 1.165) is 64.0 Å². The zero-order chi connectivity index (χ0) is 19.4. The molecule has 2 fully saturated rings. The third-order valence-electron chi connectivity index (χ3n) is 5.69. The first-order chi connectivity index (χ1) is 12.9. The van der Waals surface area contributed by atoms with Gasteiger partial charge in [-0.05, 0) is 62.9 Å². The molecule has 1 aromatic carbocycles. The topological polar surface area (TPSA) is 60.9 Å². The maximum absolute atomic E-state index is 12.7. The van der Waals surface area contributed by atoms with Crippen LogP contribution in [-0.2, 0) is 21.4 Å². The van der Waals surface area contributed by atoms with Crippen molar-refractivity contribution in [3.63, 3.8) is 0 Å². The van der Waals surface area contributed by atoms with Gasteiger partial charge in [0.2, 0.25) is 15.9 Å². The number of benzene rings is 1. The standard InChI is InChI=1S/C20H31N3O3S/c1-21(2)27(25,26)19-8-6-7-17(15-19)16-22-13-9-18(10-14-22)20(24)23-11-4-3-5-12-23/h6-8,15,18H,3-5,9-14,16H2,1-2H3. The van der Waals surface area contributed by atoms with Gasteiger partial charge in [-0.3, -0.25) is 9.69 Å². The number of nitrogens with zero attached hydrogens (tertiary/aromatic N) is 3. The third kappa shape index (κ3) is 4.89. The van der Waals surface area contributed by atoms with Crippen LogP contribution in [-0.4, -0.2) is 68.7 Å². The molecule has 7 heteroatoms. The van der Waals surface area contributed by atoms with E-state index >= 15 is 0 Å². The van der Waals surface area contributed by atoms with Gasteiger partial charge < -0.3 is 4.90 Å². The molecule has 150 valence electrons. The Bertz CT molecular complexity index is 749. The molecule has 2 saturated heterocycles. The molecule has 0 spiro atoms. The Labute approximate surface area is 163 Å². The Morgan fingerprint density at radius 1 is 1.07 bits per heavy atom. The number of piperidine rings is 2. The van der Waals surface area contributed by atoms with Gasteiger partial charge in [0.15, 0.2) is 0 Å². The minimum Gasteiger partial charge on any atom is -0.342 e. The maximum atomic E-state index is 12.7. The second-order valence-corrected chi connectivity index (χ2v) is 10.0. The highest BCUT2D eigenvalue weighted by molar-refractivity contribution is 7.89. The van der Waals surface area contributed by atoms with Crippen LogP contribution < -0.4 is 0 Å². The summed E-state index contributed by atoms with van der Waals surface area (Å²) in [7, 11) is -0.313. The van der Waals surface area contributed by atoms with Gasteiger partial charge in [0.05, 0.1) is 4.90 Å². The van der Waals surface area contributed by atoms with Crippen LogP contribution >= 0.6 is 0 Å². The molecule has 6 nitrogen and oxygen atoms in total. The van der Waals surface area contributed by atoms with E-state index in [4.69, 9.17) is 0 Å². The molecule has 0 radical (unpaired) electrons. The van der Waals surface area contributed by atoms with Gasteiger partial charge in [0.25, 0.3) is 0 Å². The Hall–Kier alpha value is -1.44. The number of likely N-dealkylation sites (tertiary alicyclic amines) is 2. The lowest BCUT2D eigenvalue weighted by atomic mass is 9.94. The minimum atomic E-state index is -3.41. The van der Waals surface area contributed by atoms with E-state index in [1.54, 1.807) is 32.3 Å². The van der Waals surface area contributed by atoms with E-state index in [-0.39, 0.29) is 5.92 Å². The average Bonchev–Trinajstić information content (AvgIpc) is 2.69. The van der Waals surface area contributed by atoms with Crippen LogP contribution in [0.4, 0.5) is 0 Å². The molecule has 0 unspecified atom stereocenters. The predicted octanol–water partition coefficient (Wildman–Crippen LogP) is 2.16. The zero-order valence-electron chi connectivity index (χ0n) is 16.4. The van der Waals surface area contributed by atoms with Gasteiger partial charge in [-0.15, -0.1) is 0 Å². The number of hydrogen-bond acceptors (Lipinski definition) is 4. The number of hydrogen-bond donors (Lipinski definition) is 0. The Morgan fingerprint density at radius 2 is 1.74 bits per heavy atom. The highest BCUT2D eigenvalue weighted by Gasteiger charge is 2.29. The Kier molecular flexibility index (Phi) is 6.55. The van der Waals surface area contributed by atoms with Crippen LogP contribution in [0.15, 0.2) is 29.2 Å². The fourth-order valence-electron chi connectivity index (χ4n) is 3.98. The van der Waals surface area contributed by atoms with Gasteiger partial charge in [-0.2, -0.15) is 0 Å². The molecule has 0 atom stereocenters. The molecular weight excluding hydrogens is 362 g/mol. The van der Waals surface area contributed by atoms with Crippen molar-refractivity contribution < 1.29 is 13.2 Å². The molecule has 2 heterocycles. The van der Waals surface area contributed by atoms with Crippen molar-refractivity contribution in [1.29, 1.82) is 0 Å². The highest BCUT2D eigenvalue weighted by Crippen LogP contribution is 2.24. The molecule has 0 bridgehead atoms. The molecule has 3 rings (SSSR count). The van der Waals surface area contributed by atoms with E-state index in [1.807, 2.05) is 6.07 Å². The zero-order valence-corrected chi connectivity index (χ0v) is 17.2. The van der Waals surface area contributed by atoms with Crippen LogP contribution in [0.2, 0.25) is 0 Å². The van der Waals surface area contributed by atoms with Gasteiger partial charge in [0, 0.05) is 39.6 Å². The van der Waals surface area contributed by atoms with Crippen LogP contribution in [0.1, 0.15) is 37.7 Å². The number of sulfonamides is 1. The van der Waals surface area contributed by atoms with Gasteiger partial charge in [0.1, 0.15) is 0 Å². The number of amides is 1. The highest BCUT2D eigenvalue weighted by atomic mass is 32.2. The molecular formula is C20H31N3O3S. The summed E-state index contributed by atoms with van der Waals surface area (Å²) >= 11 is 0. The van der Waals surface area contributed by atoms with Crippen molar-refractivity contribution in [1.82, 2.24) is 14.1 Å². The summed E-state index contributed by atoms with van der Waals surface area (Å²) in [5.74, 6) is 0.494. The first-order valence-corrected chi connectivity index (χ1v) is 11.3. The normalized spacial score (nSPS) is 20.2. The SMILES string of the molecule is CN(C)S(=O)(=O)c1cccc(CN2CCC(C(=O)N3CCCCC3)CC2)c1. The van der Waals surface area contributed by atoms with Crippen molar-refractivity contribution in [2.24, 2.45) is 5.92 Å². The summed E-state index contributed by atoms with van der Waals surface area (Å²) in [5.41, 5.74) is 0.999. The lowest BCUT2D eigenvalue weighted by Gasteiger charge is -2.35. The van der Waals surface area contributed by atoms with Crippen molar-refractivity contribution >= 4 is 15.9 Å².